The van der Waals surface area contributed by atoms with Gasteiger partial charge in [0.1, 0.15) is 0 Å². The first-order chi connectivity index (χ1) is 9.09. The molecule has 0 bridgehead atoms. The van der Waals surface area contributed by atoms with Gasteiger partial charge in [-0.3, -0.25) is 10.1 Å². The first kappa shape index (κ1) is 13.7. The highest BCUT2D eigenvalue weighted by molar-refractivity contribution is 7.10. The molecule has 2 aromatic rings. The predicted octanol–water partition coefficient (Wildman–Crippen LogP) is 3.82. The van der Waals surface area contributed by atoms with E-state index in [1.807, 2.05) is 17.5 Å². The van der Waals surface area contributed by atoms with Crippen molar-refractivity contribution < 1.29 is 4.92 Å². The molecule has 0 radical (unpaired) electrons. The average molecular weight is 276 g/mol. The summed E-state index contributed by atoms with van der Waals surface area (Å²) in [7, 11) is 0. The molecule has 0 amide bonds. The molecule has 0 saturated heterocycles. The van der Waals surface area contributed by atoms with Gasteiger partial charge in [0.05, 0.1) is 4.92 Å². The van der Waals surface area contributed by atoms with E-state index in [1.165, 1.54) is 4.88 Å². The summed E-state index contributed by atoms with van der Waals surface area (Å²) in [6, 6.07) is 9.56. The summed E-state index contributed by atoms with van der Waals surface area (Å²) < 4.78 is 0. The van der Waals surface area contributed by atoms with Gasteiger partial charge in [-0.1, -0.05) is 18.2 Å². The minimum absolute atomic E-state index is 0.183. The van der Waals surface area contributed by atoms with Crippen LogP contribution < -0.4 is 5.32 Å². The van der Waals surface area contributed by atoms with Gasteiger partial charge in [-0.15, -0.1) is 11.3 Å². The minimum atomic E-state index is -0.332. The van der Waals surface area contributed by atoms with Crippen molar-refractivity contribution in [3.05, 3.63) is 61.8 Å². The molecule has 0 unspecified atom stereocenters. The highest BCUT2D eigenvalue weighted by atomic mass is 32.1. The van der Waals surface area contributed by atoms with E-state index in [0.29, 0.717) is 6.54 Å². The lowest BCUT2D eigenvalue weighted by Gasteiger charge is -2.13. The molecule has 1 heterocycles. The molecule has 1 N–H and O–H groups in total. The number of hydrogen-bond acceptors (Lipinski definition) is 4. The maximum absolute atomic E-state index is 10.9. The largest absolute Gasteiger partial charge is 0.305 e. The summed E-state index contributed by atoms with van der Waals surface area (Å²) in [6.45, 7) is 4.52. The second-order valence-electron chi connectivity index (χ2n) is 4.44. The zero-order valence-corrected chi connectivity index (χ0v) is 11.7. The van der Waals surface area contributed by atoms with Crippen LogP contribution in [0.4, 0.5) is 5.69 Å². The van der Waals surface area contributed by atoms with Crippen molar-refractivity contribution in [3.8, 4) is 0 Å². The van der Waals surface area contributed by atoms with Crippen LogP contribution in [0.1, 0.15) is 29.0 Å². The normalized spacial score (nSPS) is 12.3. The van der Waals surface area contributed by atoms with E-state index < -0.39 is 0 Å². The van der Waals surface area contributed by atoms with Gasteiger partial charge in [-0.2, -0.15) is 0 Å². The molecule has 0 spiro atoms. The van der Waals surface area contributed by atoms with E-state index >= 15 is 0 Å². The number of thiophene rings is 1. The molecule has 0 fully saturated rings. The first-order valence-corrected chi connectivity index (χ1v) is 6.97. The van der Waals surface area contributed by atoms with Crippen LogP contribution >= 0.6 is 11.3 Å². The van der Waals surface area contributed by atoms with Gasteiger partial charge in [0.15, 0.2) is 0 Å². The van der Waals surface area contributed by atoms with Crippen molar-refractivity contribution in [1.29, 1.82) is 0 Å². The molecule has 100 valence electrons. The van der Waals surface area contributed by atoms with Crippen LogP contribution in [0.25, 0.3) is 0 Å². The number of hydrogen-bond donors (Lipinski definition) is 1. The van der Waals surface area contributed by atoms with Gasteiger partial charge in [-0.05, 0) is 30.9 Å². The van der Waals surface area contributed by atoms with Crippen molar-refractivity contribution in [2.24, 2.45) is 0 Å². The quantitative estimate of drug-likeness (QED) is 0.667. The number of nitrogens with zero attached hydrogens (tertiary/aromatic N) is 1. The molecule has 1 aromatic heterocycles. The van der Waals surface area contributed by atoms with Crippen molar-refractivity contribution in [3.63, 3.8) is 0 Å². The maximum atomic E-state index is 10.9. The molecule has 0 aliphatic carbocycles. The lowest BCUT2D eigenvalue weighted by molar-refractivity contribution is -0.385. The fourth-order valence-electron chi connectivity index (χ4n) is 1.96. The lowest BCUT2D eigenvalue weighted by atomic mass is 10.1. The summed E-state index contributed by atoms with van der Waals surface area (Å²) in [6.07, 6.45) is 0. The molecule has 0 aliphatic heterocycles. The summed E-state index contributed by atoms with van der Waals surface area (Å²) in [5.74, 6) is 0. The van der Waals surface area contributed by atoms with Gasteiger partial charge in [0.25, 0.3) is 5.69 Å². The van der Waals surface area contributed by atoms with Crippen LogP contribution in [-0.4, -0.2) is 4.92 Å². The summed E-state index contributed by atoms with van der Waals surface area (Å²) in [5.41, 5.74) is 1.89. The maximum Gasteiger partial charge on any atom is 0.272 e. The molecule has 0 saturated carbocycles. The van der Waals surface area contributed by atoms with Crippen LogP contribution in [0.5, 0.6) is 0 Å². The van der Waals surface area contributed by atoms with E-state index in [9.17, 15) is 10.1 Å². The Morgan fingerprint density at radius 1 is 1.37 bits per heavy atom. The SMILES string of the molecule is Cc1c(CN[C@@H](C)c2cccs2)cccc1[N+](=O)[O-]. The Labute approximate surface area is 116 Å². The molecule has 4 nitrogen and oxygen atoms in total. The molecule has 5 heteroatoms. The zero-order chi connectivity index (χ0) is 13.8. The Morgan fingerprint density at radius 2 is 2.16 bits per heavy atom. The summed E-state index contributed by atoms with van der Waals surface area (Å²) >= 11 is 1.71. The van der Waals surface area contributed by atoms with Crippen molar-refractivity contribution >= 4 is 17.0 Å². The molecule has 1 atom stereocenters. The third kappa shape index (κ3) is 3.19. The van der Waals surface area contributed by atoms with Gasteiger partial charge in [-0.25, -0.2) is 0 Å². The van der Waals surface area contributed by atoms with Crippen molar-refractivity contribution in [2.45, 2.75) is 26.4 Å². The number of benzene rings is 1. The van der Waals surface area contributed by atoms with Gasteiger partial charge < -0.3 is 5.32 Å². The smallest absolute Gasteiger partial charge is 0.272 e. The number of nitro groups is 1. The Bertz CT molecular complexity index is 567. The van der Waals surface area contributed by atoms with Gasteiger partial charge in [0.2, 0.25) is 0 Å². The molecular weight excluding hydrogens is 260 g/mol. The van der Waals surface area contributed by atoms with Crippen molar-refractivity contribution in [1.82, 2.24) is 5.32 Å². The third-order valence-corrected chi connectivity index (χ3v) is 4.24. The van der Waals surface area contributed by atoms with Crippen molar-refractivity contribution in [2.75, 3.05) is 0 Å². The van der Waals surface area contributed by atoms with Gasteiger partial charge >= 0.3 is 0 Å². The van der Waals surface area contributed by atoms with Crippen LogP contribution in [0.2, 0.25) is 0 Å². The van der Waals surface area contributed by atoms with E-state index in [0.717, 1.165) is 11.1 Å². The molecule has 2 rings (SSSR count). The fraction of sp³-hybridized carbons (Fsp3) is 0.286. The second-order valence-corrected chi connectivity index (χ2v) is 5.42. The van der Waals surface area contributed by atoms with E-state index in [1.54, 1.807) is 30.4 Å². The number of rotatable bonds is 5. The fourth-order valence-corrected chi connectivity index (χ4v) is 2.72. The first-order valence-electron chi connectivity index (χ1n) is 6.09. The van der Waals surface area contributed by atoms with Gasteiger partial charge in [0, 0.05) is 29.1 Å². The summed E-state index contributed by atoms with van der Waals surface area (Å²) in [5, 5.41) is 16.3. The molecule has 19 heavy (non-hydrogen) atoms. The minimum Gasteiger partial charge on any atom is -0.305 e. The second kappa shape index (κ2) is 5.95. The average Bonchev–Trinajstić information content (AvgIpc) is 2.90. The molecule has 1 aromatic carbocycles. The lowest BCUT2D eigenvalue weighted by Crippen LogP contribution is -2.18. The van der Waals surface area contributed by atoms with Crippen LogP contribution in [0.15, 0.2) is 35.7 Å². The Kier molecular flexibility index (Phi) is 4.29. The molecule has 0 aliphatic rings. The Hall–Kier alpha value is -1.72. The topological polar surface area (TPSA) is 55.2 Å². The predicted molar refractivity (Wildman–Crippen MR) is 77.4 cm³/mol. The summed E-state index contributed by atoms with van der Waals surface area (Å²) in [4.78, 5) is 11.8. The van der Waals surface area contributed by atoms with Crippen LogP contribution in [-0.2, 0) is 6.54 Å². The number of nitro benzene ring substituents is 1. The standard InChI is InChI=1S/C14H16N2O2S/c1-10-12(5-3-6-13(10)16(17)18)9-15-11(2)14-7-4-8-19-14/h3-8,11,15H,9H2,1-2H3/t11-/m0/s1. The monoisotopic (exact) mass is 276 g/mol. The third-order valence-electron chi connectivity index (χ3n) is 3.18. The van der Waals surface area contributed by atoms with E-state index in [2.05, 4.69) is 18.3 Å². The van der Waals surface area contributed by atoms with E-state index in [-0.39, 0.29) is 16.7 Å². The zero-order valence-electron chi connectivity index (χ0n) is 10.9. The van der Waals surface area contributed by atoms with Crippen LogP contribution in [0, 0.1) is 17.0 Å². The number of nitrogens with one attached hydrogen (secondary N) is 1. The highest BCUT2D eigenvalue weighted by Gasteiger charge is 2.13. The van der Waals surface area contributed by atoms with Crippen LogP contribution in [0.3, 0.4) is 0 Å². The highest BCUT2D eigenvalue weighted by Crippen LogP contribution is 2.23. The Morgan fingerprint density at radius 3 is 2.79 bits per heavy atom. The van der Waals surface area contributed by atoms with E-state index in [4.69, 9.17) is 0 Å². The Balaban J connectivity index is 2.08. The molecular formula is C14H16N2O2S.